The maximum atomic E-state index is 12.8. The van der Waals surface area contributed by atoms with E-state index in [0.29, 0.717) is 22.2 Å². The van der Waals surface area contributed by atoms with Crippen LogP contribution in [0.15, 0.2) is 42.5 Å². The number of fused-ring (bicyclic) bond motifs is 1. The van der Waals surface area contributed by atoms with E-state index in [2.05, 4.69) is 5.32 Å². The summed E-state index contributed by atoms with van der Waals surface area (Å²) in [5.41, 5.74) is 3.28. The van der Waals surface area contributed by atoms with Crippen molar-refractivity contribution in [1.29, 1.82) is 0 Å². The molecule has 0 aliphatic carbocycles. The molecule has 0 spiro atoms. The van der Waals surface area contributed by atoms with Gasteiger partial charge in [-0.15, -0.1) is 0 Å². The number of carbonyl (C=O) groups is 2. The number of hydrogen-bond donors (Lipinski definition) is 1. The number of nitrogens with one attached hydrogen (secondary N) is 1. The molecule has 0 saturated carbocycles. The minimum atomic E-state index is -0.193. The van der Waals surface area contributed by atoms with Crippen LogP contribution in [0.25, 0.3) is 10.9 Å². The maximum Gasteiger partial charge on any atom is 0.268 e. The third-order valence-electron chi connectivity index (χ3n) is 4.63. The summed E-state index contributed by atoms with van der Waals surface area (Å²) in [6.07, 6.45) is 0.417. The second kappa shape index (κ2) is 7.75. The van der Waals surface area contributed by atoms with E-state index in [9.17, 15) is 9.59 Å². The Labute approximate surface area is 168 Å². The molecule has 3 rings (SSSR count). The van der Waals surface area contributed by atoms with Crippen molar-refractivity contribution in [2.75, 3.05) is 0 Å². The molecule has 1 amide bonds. The number of amides is 1. The van der Waals surface area contributed by atoms with Crippen molar-refractivity contribution < 1.29 is 9.59 Å². The zero-order valence-corrected chi connectivity index (χ0v) is 16.9. The minimum absolute atomic E-state index is 0.124. The molecule has 0 fully saturated rings. The molecule has 6 heteroatoms. The molecule has 1 aromatic heterocycles. The molecular weight excluding hydrogens is 383 g/mol. The number of halogens is 2. The number of ketones is 1. The minimum Gasteiger partial charge on any atom is -0.344 e. The van der Waals surface area contributed by atoms with Crippen LogP contribution in [-0.2, 0) is 18.3 Å². The number of benzene rings is 2. The van der Waals surface area contributed by atoms with Gasteiger partial charge in [0.1, 0.15) is 11.5 Å². The van der Waals surface area contributed by atoms with Gasteiger partial charge in [0.05, 0.1) is 16.1 Å². The largest absolute Gasteiger partial charge is 0.344 e. The molecule has 27 heavy (non-hydrogen) atoms. The predicted octanol–water partition coefficient (Wildman–Crippen LogP) is 5.11. The summed E-state index contributed by atoms with van der Waals surface area (Å²) in [7, 11) is 1.82. The van der Waals surface area contributed by atoms with Crippen molar-refractivity contribution in [2.24, 2.45) is 7.05 Å². The Morgan fingerprint density at radius 3 is 2.41 bits per heavy atom. The van der Waals surface area contributed by atoms with E-state index in [1.807, 2.05) is 44.3 Å². The second-order valence-electron chi connectivity index (χ2n) is 6.70. The lowest BCUT2D eigenvalue weighted by Gasteiger charge is -2.15. The maximum absolute atomic E-state index is 12.8. The first kappa shape index (κ1) is 19.5. The van der Waals surface area contributed by atoms with Gasteiger partial charge in [-0.05, 0) is 43.2 Å². The van der Waals surface area contributed by atoms with Crippen LogP contribution >= 0.6 is 23.2 Å². The Kier molecular flexibility index (Phi) is 5.59. The lowest BCUT2D eigenvalue weighted by Crippen LogP contribution is -2.28. The summed E-state index contributed by atoms with van der Waals surface area (Å²) in [6.45, 7) is 3.49. The number of hydrogen-bond acceptors (Lipinski definition) is 2. The molecule has 3 aromatic rings. The van der Waals surface area contributed by atoms with Crippen molar-refractivity contribution in [3.8, 4) is 0 Å². The summed E-state index contributed by atoms with van der Waals surface area (Å²) in [5, 5.41) is 4.66. The Hall–Kier alpha value is -2.30. The molecule has 1 unspecified atom stereocenters. The molecule has 0 bridgehead atoms. The highest BCUT2D eigenvalue weighted by Gasteiger charge is 2.18. The van der Waals surface area contributed by atoms with Gasteiger partial charge >= 0.3 is 0 Å². The van der Waals surface area contributed by atoms with Gasteiger partial charge in [0.15, 0.2) is 0 Å². The van der Waals surface area contributed by atoms with Gasteiger partial charge in [0.25, 0.3) is 5.91 Å². The quantitative estimate of drug-likeness (QED) is 0.644. The lowest BCUT2D eigenvalue weighted by molar-refractivity contribution is -0.116. The molecule has 0 radical (unpaired) electrons. The van der Waals surface area contributed by atoms with Gasteiger partial charge in [-0.2, -0.15) is 0 Å². The Bertz CT molecular complexity index is 1020. The van der Waals surface area contributed by atoms with Crippen LogP contribution < -0.4 is 5.32 Å². The summed E-state index contributed by atoms with van der Waals surface area (Å²) in [4.78, 5) is 24.0. The van der Waals surface area contributed by atoms with E-state index in [-0.39, 0.29) is 17.7 Å². The number of Topliss-reactive ketones (excluding diaryl/α,β-unsaturated/α-hetero) is 1. The van der Waals surface area contributed by atoms with Crippen molar-refractivity contribution in [3.63, 3.8) is 0 Å². The highest BCUT2D eigenvalue weighted by Crippen LogP contribution is 2.32. The number of rotatable bonds is 5. The van der Waals surface area contributed by atoms with Gasteiger partial charge in [-0.25, -0.2) is 0 Å². The topological polar surface area (TPSA) is 51.1 Å². The molecule has 0 aliphatic rings. The van der Waals surface area contributed by atoms with E-state index in [1.165, 1.54) is 0 Å². The first-order valence-corrected chi connectivity index (χ1v) is 9.36. The van der Waals surface area contributed by atoms with Crippen LogP contribution in [0, 0.1) is 0 Å². The second-order valence-corrected chi connectivity index (χ2v) is 7.48. The predicted molar refractivity (Wildman–Crippen MR) is 110 cm³/mol. The average molecular weight is 403 g/mol. The Morgan fingerprint density at radius 1 is 1.11 bits per heavy atom. The Balaban J connectivity index is 1.80. The molecular formula is C21H20Cl2N2O2. The number of aryl methyl sites for hydroxylation is 1. The van der Waals surface area contributed by atoms with Crippen LogP contribution in [0.5, 0.6) is 0 Å². The average Bonchev–Trinajstić information content (AvgIpc) is 2.96. The highest BCUT2D eigenvalue weighted by molar-refractivity contribution is 6.45. The van der Waals surface area contributed by atoms with Gasteiger partial charge in [-0.3, -0.25) is 9.59 Å². The fraction of sp³-hybridized carbons (Fsp3) is 0.238. The Morgan fingerprint density at radius 2 is 1.78 bits per heavy atom. The first-order valence-electron chi connectivity index (χ1n) is 8.60. The van der Waals surface area contributed by atoms with E-state index in [4.69, 9.17) is 23.2 Å². The number of carbonyl (C=O) groups excluding carboxylic acids is 2. The van der Waals surface area contributed by atoms with E-state index in [1.54, 1.807) is 23.6 Å². The van der Waals surface area contributed by atoms with E-state index in [0.717, 1.165) is 22.0 Å². The lowest BCUT2D eigenvalue weighted by atomic mass is 10.0. The van der Waals surface area contributed by atoms with Crippen LogP contribution in [-0.4, -0.2) is 16.3 Å². The molecule has 0 aliphatic heterocycles. The SMILES string of the molecule is CC(=O)Cc1ccc(C(C)NC(=O)c2cc3c(Cl)c(Cl)ccc3n2C)cc1. The first-order chi connectivity index (χ1) is 12.8. The normalized spacial score (nSPS) is 12.2. The fourth-order valence-electron chi connectivity index (χ4n) is 3.13. The summed E-state index contributed by atoms with van der Waals surface area (Å²) >= 11 is 12.3. The summed E-state index contributed by atoms with van der Waals surface area (Å²) < 4.78 is 1.80. The summed E-state index contributed by atoms with van der Waals surface area (Å²) in [6, 6.07) is 12.8. The van der Waals surface area contributed by atoms with Crippen LogP contribution in [0.4, 0.5) is 0 Å². The van der Waals surface area contributed by atoms with Gasteiger partial charge in [-0.1, -0.05) is 47.5 Å². The molecule has 0 saturated heterocycles. The molecule has 1 heterocycles. The third-order valence-corrected chi connectivity index (χ3v) is 5.45. The van der Waals surface area contributed by atoms with E-state index < -0.39 is 0 Å². The van der Waals surface area contributed by atoms with Gasteiger partial charge < -0.3 is 9.88 Å². The standard InChI is InChI=1S/C21H20Cl2N2O2/c1-12(26)10-14-4-6-15(7-5-14)13(2)24-21(27)19-11-16-18(25(19)3)9-8-17(22)20(16)23/h4-9,11,13H,10H2,1-3H3,(H,24,27). The molecule has 2 aromatic carbocycles. The smallest absolute Gasteiger partial charge is 0.268 e. The van der Waals surface area contributed by atoms with Crippen LogP contribution in [0.2, 0.25) is 10.0 Å². The number of nitrogens with zero attached hydrogens (tertiary/aromatic N) is 1. The zero-order valence-electron chi connectivity index (χ0n) is 15.3. The van der Waals surface area contributed by atoms with Gasteiger partial charge in [0.2, 0.25) is 0 Å². The van der Waals surface area contributed by atoms with Crippen LogP contribution in [0.1, 0.15) is 41.5 Å². The van der Waals surface area contributed by atoms with Gasteiger partial charge in [0, 0.05) is 24.4 Å². The molecule has 1 N–H and O–H groups in total. The van der Waals surface area contributed by atoms with Crippen LogP contribution in [0.3, 0.4) is 0 Å². The monoisotopic (exact) mass is 402 g/mol. The molecule has 1 atom stereocenters. The third kappa shape index (κ3) is 4.02. The fourth-order valence-corrected chi connectivity index (χ4v) is 3.51. The summed E-state index contributed by atoms with van der Waals surface area (Å²) in [5.74, 6) is -0.0696. The van der Waals surface area contributed by atoms with Crippen molar-refractivity contribution in [1.82, 2.24) is 9.88 Å². The zero-order chi connectivity index (χ0) is 19.7. The van der Waals surface area contributed by atoms with Crippen molar-refractivity contribution >= 4 is 45.8 Å². The van der Waals surface area contributed by atoms with Crippen molar-refractivity contribution in [3.05, 3.63) is 69.3 Å². The van der Waals surface area contributed by atoms with Crippen molar-refractivity contribution in [2.45, 2.75) is 26.3 Å². The molecule has 140 valence electrons. The molecule has 4 nitrogen and oxygen atoms in total. The highest BCUT2D eigenvalue weighted by atomic mass is 35.5. The van der Waals surface area contributed by atoms with E-state index >= 15 is 0 Å². The number of aromatic nitrogens is 1.